The first-order valence-corrected chi connectivity index (χ1v) is 7.01. The molecule has 1 saturated heterocycles. The lowest BCUT2D eigenvalue weighted by Gasteiger charge is -2.32. The van der Waals surface area contributed by atoms with Crippen molar-refractivity contribution in [1.82, 2.24) is 10.3 Å². The molecule has 5 heteroatoms. The van der Waals surface area contributed by atoms with Crippen molar-refractivity contribution >= 4 is 16.5 Å². The van der Waals surface area contributed by atoms with Crippen LogP contribution in [0.15, 0.2) is 6.20 Å². The molecule has 1 fully saturated rings. The zero-order valence-electron chi connectivity index (χ0n) is 10.8. The van der Waals surface area contributed by atoms with Gasteiger partial charge in [0, 0.05) is 30.2 Å². The highest BCUT2D eigenvalue weighted by Gasteiger charge is 2.21. The van der Waals surface area contributed by atoms with Gasteiger partial charge in [0.05, 0.1) is 19.3 Å². The Morgan fingerprint density at radius 1 is 1.65 bits per heavy atom. The van der Waals surface area contributed by atoms with Crippen molar-refractivity contribution in [3.63, 3.8) is 0 Å². The minimum absolute atomic E-state index is 0.431. The second kappa shape index (κ2) is 5.80. The molecule has 1 unspecified atom stereocenters. The van der Waals surface area contributed by atoms with Gasteiger partial charge in [-0.3, -0.25) is 0 Å². The van der Waals surface area contributed by atoms with Gasteiger partial charge in [0.15, 0.2) is 5.13 Å². The molecule has 0 aromatic carbocycles. The summed E-state index contributed by atoms with van der Waals surface area (Å²) in [6.45, 7) is 9.98. The van der Waals surface area contributed by atoms with Crippen LogP contribution >= 0.6 is 11.3 Å². The Hall–Kier alpha value is -0.650. The highest BCUT2D eigenvalue weighted by molar-refractivity contribution is 7.15. The Labute approximate surface area is 107 Å². The summed E-state index contributed by atoms with van der Waals surface area (Å²) in [4.78, 5) is 8.16. The van der Waals surface area contributed by atoms with Crippen LogP contribution in [0.1, 0.15) is 25.6 Å². The fourth-order valence-electron chi connectivity index (χ4n) is 1.83. The number of thiazole rings is 1. The number of aromatic nitrogens is 1. The van der Waals surface area contributed by atoms with Crippen LogP contribution in [-0.4, -0.2) is 36.8 Å². The summed E-state index contributed by atoms with van der Waals surface area (Å²) in [7, 11) is 0. The van der Waals surface area contributed by atoms with Gasteiger partial charge in [-0.15, -0.1) is 11.3 Å². The van der Waals surface area contributed by atoms with Crippen LogP contribution in [0, 0.1) is 0 Å². The molecule has 0 bridgehead atoms. The minimum atomic E-state index is 0.431. The average Bonchev–Trinajstić information content (AvgIpc) is 2.75. The predicted octanol–water partition coefficient (Wildman–Crippen LogP) is 1.87. The molecule has 17 heavy (non-hydrogen) atoms. The van der Waals surface area contributed by atoms with Crippen molar-refractivity contribution in [2.24, 2.45) is 0 Å². The molecule has 1 aliphatic heterocycles. The smallest absolute Gasteiger partial charge is 0.185 e. The average molecular weight is 255 g/mol. The maximum Gasteiger partial charge on any atom is 0.185 e. The Morgan fingerprint density at radius 2 is 2.47 bits per heavy atom. The van der Waals surface area contributed by atoms with Crippen molar-refractivity contribution in [2.75, 3.05) is 24.7 Å². The SMILES string of the molecule is CC(C)NCc1cnc(N2CCOCC2C)s1. The molecule has 0 spiro atoms. The zero-order valence-corrected chi connectivity index (χ0v) is 11.6. The van der Waals surface area contributed by atoms with Crippen LogP contribution in [0.3, 0.4) is 0 Å². The molecule has 1 aromatic rings. The van der Waals surface area contributed by atoms with Crippen molar-refractivity contribution in [2.45, 2.75) is 39.4 Å². The van der Waals surface area contributed by atoms with Crippen molar-refractivity contribution in [1.29, 1.82) is 0 Å². The molecule has 1 aliphatic rings. The fraction of sp³-hybridized carbons (Fsp3) is 0.750. The van der Waals surface area contributed by atoms with E-state index in [9.17, 15) is 0 Å². The molecule has 1 atom stereocenters. The quantitative estimate of drug-likeness (QED) is 0.891. The van der Waals surface area contributed by atoms with Crippen LogP contribution in [0.5, 0.6) is 0 Å². The summed E-state index contributed by atoms with van der Waals surface area (Å²) < 4.78 is 5.44. The molecule has 0 radical (unpaired) electrons. The van der Waals surface area contributed by atoms with Gasteiger partial charge in [0.1, 0.15) is 0 Å². The molecule has 2 heterocycles. The number of morpholine rings is 1. The van der Waals surface area contributed by atoms with E-state index in [4.69, 9.17) is 4.74 Å². The van der Waals surface area contributed by atoms with Gasteiger partial charge in [-0.1, -0.05) is 13.8 Å². The van der Waals surface area contributed by atoms with E-state index in [2.05, 4.69) is 36.0 Å². The maximum absolute atomic E-state index is 5.44. The van der Waals surface area contributed by atoms with E-state index < -0.39 is 0 Å². The highest BCUT2D eigenvalue weighted by Crippen LogP contribution is 2.25. The molecule has 2 rings (SSSR count). The second-order valence-corrected chi connectivity index (χ2v) is 5.86. The van der Waals surface area contributed by atoms with Crippen molar-refractivity contribution in [3.05, 3.63) is 11.1 Å². The van der Waals surface area contributed by atoms with Crippen LogP contribution in [0.2, 0.25) is 0 Å². The van der Waals surface area contributed by atoms with Crippen LogP contribution in [0.4, 0.5) is 5.13 Å². The maximum atomic E-state index is 5.44. The third-order valence-electron chi connectivity index (χ3n) is 2.84. The molecule has 0 aliphatic carbocycles. The zero-order chi connectivity index (χ0) is 12.3. The van der Waals surface area contributed by atoms with Gasteiger partial charge < -0.3 is 15.0 Å². The molecule has 1 N–H and O–H groups in total. The van der Waals surface area contributed by atoms with E-state index in [-0.39, 0.29) is 0 Å². The van der Waals surface area contributed by atoms with Gasteiger partial charge in [-0.05, 0) is 6.92 Å². The lowest BCUT2D eigenvalue weighted by atomic mass is 10.3. The first-order chi connectivity index (χ1) is 8.16. The molecule has 0 saturated carbocycles. The first kappa shape index (κ1) is 12.8. The third-order valence-corrected chi connectivity index (χ3v) is 3.87. The van der Waals surface area contributed by atoms with Gasteiger partial charge >= 0.3 is 0 Å². The van der Waals surface area contributed by atoms with Gasteiger partial charge in [-0.2, -0.15) is 0 Å². The van der Waals surface area contributed by atoms with Crippen LogP contribution < -0.4 is 10.2 Å². The molecule has 0 amide bonds. The summed E-state index contributed by atoms with van der Waals surface area (Å²) in [6, 6.07) is 0.948. The van der Waals surface area contributed by atoms with E-state index >= 15 is 0 Å². The standard InChI is InChI=1S/C12H21N3OS/c1-9(2)13-6-11-7-14-12(17-11)15-4-5-16-8-10(15)3/h7,9-10,13H,4-6,8H2,1-3H3. The normalized spacial score (nSPS) is 21.2. The molecular weight excluding hydrogens is 234 g/mol. The lowest BCUT2D eigenvalue weighted by Crippen LogP contribution is -2.43. The molecular formula is C12H21N3OS. The third kappa shape index (κ3) is 3.40. The number of nitrogens with one attached hydrogen (secondary N) is 1. The summed E-state index contributed by atoms with van der Waals surface area (Å²) in [5, 5.41) is 4.54. The van der Waals surface area contributed by atoms with Crippen molar-refractivity contribution in [3.8, 4) is 0 Å². The Kier molecular flexibility index (Phi) is 4.36. The van der Waals surface area contributed by atoms with Crippen LogP contribution in [0.25, 0.3) is 0 Å². The molecule has 1 aromatic heterocycles. The van der Waals surface area contributed by atoms with E-state index in [1.54, 1.807) is 11.3 Å². The number of hydrogen-bond donors (Lipinski definition) is 1. The van der Waals surface area contributed by atoms with E-state index in [1.807, 2.05) is 6.20 Å². The first-order valence-electron chi connectivity index (χ1n) is 6.19. The number of rotatable bonds is 4. The van der Waals surface area contributed by atoms with E-state index in [0.29, 0.717) is 12.1 Å². The number of nitrogens with zero attached hydrogens (tertiary/aromatic N) is 2. The van der Waals surface area contributed by atoms with Crippen molar-refractivity contribution < 1.29 is 4.74 Å². The highest BCUT2D eigenvalue weighted by atomic mass is 32.1. The van der Waals surface area contributed by atoms with Crippen LogP contribution in [-0.2, 0) is 11.3 Å². The number of anilines is 1. The molecule has 96 valence electrons. The van der Waals surface area contributed by atoms with Gasteiger partial charge in [0.2, 0.25) is 0 Å². The number of hydrogen-bond acceptors (Lipinski definition) is 5. The topological polar surface area (TPSA) is 37.4 Å². The second-order valence-electron chi connectivity index (χ2n) is 4.76. The van der Waals surface area contributed by atoms with E-state index in [0.717, 1.165) is 31.4 Å². The van der Waals surface area contributed by atoms with E-state index in [1.165, 1.54) is 4.88 Å². The fourth-order valence-corrected chi connectivity index (χ4v) is 2.82. The number of ether oxygens (including phenoxy) is 1. The Bertz CT molecular complexity index is 353. The largest absolute Gasteiger partial charge is 0.377 e. The summed E-state index contributed by atoms with van der Waals surface area (Å²) >= 11 is 1.78. The summed E-state index contributed by atoms with van der Waals surface area (Å²) in [6.07, 6.45) is 1.98. The Morgan fingerprint density at radius 3 is 3.18 bits per heavy atom. The summed E-state index contributed by atoms with van der Waals surface area (Å²) in [5.41, 5.74) is 0. The molecule has 4 nitrogen and oxygen atoms in total. The predicted molar refractivity (Wildman–Crippen MR) is 71.7 cm³/mol. The van der Waals surface area contributed by atoms with Gasteiger partial charge in [-0.25, -0.2) is 4.98 Å². The minimum Gasteiger partial charge on any atom is -0.377 e. The Balaban J connectivity index is 1.97. The summed E-state index contributed by atoms with van der Waals surface area (Å²) in [5.74, 6) is 0. The van der Waals surface area contributed by atoms with Gasteiger partial charge in [0.25, 0.3) is 0 Å². The lowest BCUT2D eigenvalue weighted by molar-refractivity contribution is 0.0989. The monoisotopic (exact) mass is 255 g/mol.